The maximum absolute atomic E-state index is 12.4. The van der Waals surface area contributed by atoms with E-state index in [9.17, 15) is 14.3 Å². The van der Waals surface area contributed by atoms with Crippen molar-refractivity contribution in [2.24, 2.45) is 0 Å². The average Bonchev–Trinajstić information content (AvgIpc) is 2.80. The third kappa shape index (κ3) is 25.3. The Morgan fingerprint density at radius 2 is 1.35 bits per heavy atom. The molecule has 0 aromatic carbocycles. The molecular formula is C27H59N3O6P+. The van der Waals surface area contributed by atoms with Crippen LogP contribution in [0.1, 0.15) is 96.8 Å². The van der Waals surface area contributed by atoms with E-state index in [4.69, 9.17) is 13.8 Å². The van der Waals surface area contributed by atoms with Crippen molar-refractivity contribution in [1.82, 2.24) is 10.2 Å². The Hall–Kier alpha value is -0.700. The number of ether oxygens (including phenoxy) is 1. The Morgan fingerprint density at radius 3 is 1.81 bits per heavy atom. The number of hydrogen-bond donors (Lipinski definition) is 2. The predicted octanol–water partition coefficient (Wildman–Crippen LogP) is 5.96. The smallest absolute Gasteiger partial charge is 0.379 e. The summed E-state index contributed by atoms with van der Waals surface area (Å²) in [6.07, 6.45) is 17.4. The summed E-state index contributed by atoms with van der Waals surface area (Å²) in [4.78, 5) is 23.4. The number of carbonyl (C=O) groups is 1. The second-order valence-corrected chi connectivity index (χ2v) is 12.7. The second-order valence-electron chi connectivity index (χ2n) is 11.3. The van der Waals surface area contributed by atoms with Gasteiger partial charge in [-0.1, -0.05) is 90.4 Å². The molecule has 222 valence electrons. The van der Waals surface area contributed by atoms with Crippen molar-refractivity contribution < 1.29 is 32.5 Å². The number of hydrogen-bond acceptors (Lipinski definition) is 5. The standard InChI is InChI=1S/C27H58N3O6P/c1-7-8-9-10-11-12-13-14-15-16-17-18-19-20-22-34-25-26(24-28-27(31)29(2)3)36-37(32,33)35-23-21-30(4,5)6/h26H,7-25H2,1-6H3,(H-,28,31,32,33)/p+1. The molecule has 2 unspecified atom stereocenters. The Morgan fingerprint density at radius 1 is 0.865 bits per heavy atom. The van der Waals surface area contributed by atoms with Crippen molar-refractivity contribution in [3.8, 4) is 0 Å². The number of likely N-dealkylation sites (N-methyl/N-ethyl adjacent to an activating group) is 1. The van der Waals surface area contributed by atoms with Gasteiger partial charge in [-0.15, -0.1) is 0 Å². The lowest BCUT2D eigenvalue weighted by Crippen LogP contribution is -2.41. The lowest BCUT2D eigenvalue weighted by molar-refractivity contribution is -0.870. The molecule has 0 aromatic heterocycles. The molecule has 0 heterocycles. The van der Waals surface area contributed by atoms with Crippen LogP contribution in [0.15, 0.2) is 0 Å². The van der Waals surface area contributed by atoms with E-state index in [1.54, 1.807) is 14.1 Å². The molecule has 9 nitrogen and oxygen atoms in total. The minimum atomic E-state index is -4.26. The topological polar surface area (TPSA) is 97.3 Å². The summed E-state index contributed by atoms with van der Waals surface area (Å²) in [5, 5.41) is 2.68. The normalized spacial score (nSPS) is 14.4. The number of nitrogens with zero attached hydrogens (tertiary/aromatic N) is 2. The van der Waals surface area contributed by atoms with E-state index >= 15 is 0 Å². The van der Waals surface area contributed by atoms with Gasteiger partial charge in [-0.2, -0.15) is 0 Å². The molecule has 0 spiro atoms. The third-order valence-corrected chi connectivity index (χ3v) is 7.21. The molecule has 0 bridgehead atoms. The van der Waals surface area contributed by atoms with E-state index in [1.165, 1.54) is 81.9 Å². The lowest BCUT2D eigenvalue weighted by Gasteiger charge is -2.25. The highest BCUT2D eigenvalue weighted by molar-refractivity contribution is 7.47. The summed E-state index contributed by atoms with van der Waals surface area (Å²) in [6.45, 7) is 3.63. The molecule has 0 aliphatic carbocycles. The first-order valence-electron chi connectivity index (χ1n) is 14.5. The van der Waals surface area contributed by atoms with Crippen LogP contribution in [0.2, 0.25) is 0 Å². The van der Waals surface area contributed by atoms with E-state index in [0.717, 1.165) is 12.8 Å². The summed E-state index contributed by atoms with van der Waals surface area (Å²) in [6, 6.07) is -0.306. The number of carbonyl (C=O) groups excluding carboxylic acids is 1. The van der Waals surface area contributed by atoms with Gasteiger partial charge in [-0.25, -0.2) is 9.36 Å². The number of unbranched alkanes of at least 4 members (excludes halogenated alkanes) is 13. The Kier molecular flexibility index (Phi) is 21.7. The van der Waals surface area contributed by atoms with Crippen LogP contribution in [-0.4, -0.2) is 94.6 Å². The van der Waals surface area contributed by atoms with Crippen molar-refractivity contribution in [3.05, 3.63) is 0 Å². The molecule has 0 saturated heterocycles. The molecule has 37 heavy (non-hydrogen) atoms. The Labute approximate surface area is 227 Å². The molecule has 0 radical (unpaired) electrons. The zero-order valence-electron chi connectivity index (χ0n) is 24.8. The number of phosphoric ester groups is 1. The van der Waals surface area contributed by atoms with Gasteiger partial charge < -0.3 is 24.3 Å². The van der Waals surface area contributed by atoms with Crippen LogP contribution >= 0.6 is 7.82 Å². The van der Waals surface area contributed by atoms with Crippen LogP contribution in [0, 0.1) is 0 Å². The second kappa shape index (κ2) is 22.2. The van der Waals surface area contributed by atoms with Crippen molar-refractivity contribution in [2.45, 2.75) is 103 Å². The van der Waals surface area contributed by atoms with Crippen LogP contribution in [0.4, 0.5) is 4.79 Å². The van der Waals surface area contributed by atoms with Crippen LogP contribution in [0.5, 0.6) is 0 Å². The van der Waals surface area contributed by atoms with Gasteiger partial charge in [0.25, 0.3) is 0 Å². The number of phosphoric acid groups is 1. The summed E-state index contributed by atoms with van der Waals surface area (Å²) >= 11 is 0. The van der Waals surface area contributed by atoms with Crippen molar-refractivity contribution in [1.29, 1.82) is 0 Å². The fourth-order valence-corrected chi connectivity index (χ4v) is 4.63. The fraction of sp³-hybridized carbons (Fsp3) is 0.963. The molecule has 10 heteroatoms. The van der Waals surface area contributed by atoms with Gasteiger partial charge in [0.1, 0.15) is 19.3 Å². The summed E-state index contributed by atoms with van der Waals surface area (Å²) in [5.41, 5.74) is 0. The summed E-state index contributed by atoms with van der Waals surface area (Å²) in [7, 11) is 4.90. The average molecular weight is 553 g/mol. The van der Waals surface area contributed by atoms with E-state index < -0.39 is 13.9 Å². The molecule has 0 aliphatic rings. The molecule has 2 amide bonds. The van der Waals surface area contributed by atoms with Crippen LogP contribution in [0.25, 0.3) is 0 Å². The highest BCUT2D eigenvalue weighted by Gasteiger charge is 2.28. The molecule has 0 fully saturated rings. The molecule has 0 rings (SSSR count). The van der Waals surface area contributed by atoms with Gasteiger partial charge in [-0.05, 0) is 6.42 Å². The maximum Gasteiger partial charge on any atom is 0.472 e. The highest BCUT2D eigenvalue weighted by atomic mass is 31.2. The van der Waals surface area contributed by atoms with E-state index in [0.29, 0.717) is 17.6 Å². The molecule has 0 aliphatic heterocycles. The van der Waals surface area contributed by atoms with Gasteiger partial charge in [0.15, 0.2) is 0 Å². The van der Waals surface area contributed by atoms with E-state index in [2.05, 4.69) is 12.2 Å². The third-order valence-electron chi connectivity index (χ3n) is 6.13. The predicted molar refractivity (Wildman–Crippen MR) is 152 cm³/mol. The zero-order valence-corrected chi connectivity index (χ0v) is 25.7. The molecule has 0 aromatic rings. The number of urea groups is 1. The van der Waals surface area contributed by atoms with Crippen molar-refractivity contribution >= 4 is 13.9 Å². The molecule has 2 atom stereocenters. The Balaban J connectivity index is 4.05. The SMILES string of the molecule is CCCCCCCCCCCCCCCCOCC(CNC(=O)N(C)C)OP(=O)(O)OCC[N+](C)(C)C. The minimum absolute atomic E-state index is 0.0546. The van der Waals surface area contributed by atoms with Gasteiger partial charge in [0.2, 0.25) is 0 Å². The van der Waals surface area contributed by atoms with Crippen LogP contribution in [0.3, 0.4) is 0 Å². The van der Waals surface area contributed by atoms with Gasteiger partial charge >= 0.3 is 13.9 Å². The van der Waals surface area contributed by atoms with Crippen LogP contribution < -0.4 is 5.32 Å². The van der Waals surface area contributed by atoms with Crippen molar-refractivity contribution in [3.63, 3.8) is 0 Å². The first kappa shape index (κ1) is 36.3. The van der Waals surface area contributed by atoms with Crippen molar-refractivity contribution in [2.75, 3.05) is 68.1 Å². The minimum Gasteiger partial charge on any atom is -0.379 e. The summed E-state index contributed by atoms with van der Waals surface area (Å²) < 4.78 is 29.2. The number of amides is 2. The van der Waals surface area contributed by atoms with Gasteiger partial charge in [0, 0.05) is 27.2 Å². The lowest BCUT2D eigenvalue weighted by atomic mass is 10.0. The highest BCUT2D eigenvalue weighted by Crippen LogP contribution is 2.44. The number of rotatable bonds is 25. The largest absolute Gasteiger partial charge is 0.472 e. The van der Waals surface area contributed by atoms with Crippen LogP contribution in [-0.2, 0) is 18.3 Å². The first-order chi connectivity index (χ1) is 17.5. The fourth-order valence-electron chi connectivity index (χ4n) is 3.75. The summed E-state index contributed by atoms with van der Waals surface area (Å²) in [5.74, 6) is 0. The molecule has 0 saturated carbocycles. The van der Waals surface area contributed by atoms with Gasteiger partial charge in [-0.3, -0.25) is 9.05 Å². The van der Waals surface area contributed by atoms with Gasteiger partial charge in [0.05, 0.1) is 27.7 Å². The first-order valence-corrected chi connectivity index (χ1v) is 16.0. The Bertz CT molecular complexity index is 601. The number of nitrogens with one attached hydrogen (secondary N) is 1. The molecule has 2 N–H and O–H groups in total. The maximum atomic E-state index is 12.4. The van der Waals surface area contributed by atoms with E-state index in [1.807, 2.05) is 21.1 Å². The monoisotopic (exact) mass is 552 g/mol. The quantitative estimate of drug-likeness (QED) is 0.0824. The molecular weight excluding hydrogens is 493 g/mol. The number of quaternary nitrogens is 1. The van der Waals surface area contributed by atoms with E-state index in [-0.39, 0.29) is 25.8 Å². The zero-order chi connectivity index (χ0) is 28.0.